The lowest BCUT2D eigenvalue weighted by Gasteiger charge is -2.23. The molecule has 0 saturated heterocycles. The molecule has 0 fully saturated rings. The molecule has 0 aliphatic carbocycles. The zero-order chi connectivity index (χ0) is 13.9. The van der Waals surface area contributed by atoms with E-state index in [0.717, 1.165) is 12.0 Å². The van der Waals surface area contributed by atoms with Gasteiger partial charge in [-0.25, -0.2) is 0 Å². The fourth-order valence-electron chi connectivity index (χ4n) is 1.93. The third kappa shape index (κ3) is 3.13. The Morgan fingerprint density at radius 2 is 2.06 bits per heavy atom. The summed E-state index contributed by atoms with van der Waals surface area (Å²) in [6, 6.07) is 3.21. The maximum absolute atomic E-state index is 11.0. The summed E-state index contributed by atoms with van der Waals surface area (Å²) in [5.74, 6) is 0.396. The van der Waals surface area contributed by atoms with Crippen molar-refractivity contribution < 1.29 is 4.92 Å². The summed E-state index contributed by atoms with van der Waals surface area (Å²) in [6.07, 6.45) is 0.904. The van der Waals surface area contributed by atoms with Crippen molar-refractivity contribution >= 4 is 23.0 Å². The number of benzene rings is 1. The van der Waals surface area contributed by atoms with E-state index in [0.29, 0.717) is 16.6 Å². The number of rotatable bonds is 5. The Balaban J connectivity index is 3.20. The van der Waals surface area contributed by atoms with Crippen LogP contribution in [-0.2, 0) is 0 Å². The Labute approximate surface area is 112 Å². The van der Waals surface area contributed by atoms with Crippen molar-refractivity contribution in [1.29, 1.82) is 0 Å². The number of nitrogens with one attached hydrogen (secondary N) is 1. The first kappa shape index (κ1) is 14.8. The van der Waals surface area contributed by atoms with Gasteiger partial charge in [0.25, 0.3) is 5.69 Å². The fraction of sp³-hybridized carbons (Fsp3) is 0.538. The number of nitro groups is 1. The summed E-state index contributed by atoms with van der Waals surface area (Å²) in [5.41, 5.74) is 1.34. The molecule has 0 aliphatic rings. The molecule has 1 atom stereocenters. The van der Waals surface area contributed by atoms with Crippen LogP contribution < -0.4 is 5.32 Å². The average molecular weight is 271 g/mol. The Morgan fingerprint density at radius 1 is 1.44 bits per heavy atom. The topological polar surface area (TPSA) is 55.2 Å². The van der Waals surface area contributed by atoms with Crippen molar-refractivity contribution in [3.8, 4) is 0 Å². The zero-order valence-electron chi connectivity index (χ0n) is 11.2. The second-order valence-electron chi connectivity index (χ2n) is 4.73. The van der Waals surface area contributed by atoms with Crippen molar-refractivity contribution in [2.75, 3.05) is 5.32 Å². The van der Waals surface area contributed by atoms with Gasteiger partial charge in [-0.05, 0) is 30.9 Å². The number of nitro benzene ring substituents is 1. The van der Waals surface area contributed by atoms with Gasteiger partial charge in [-0.3, -0.25) is 10.1 Å². The molecule has 1 rings (SSSR count). The molecule has 0 saturated carbocycles. The van der Waals surface area contributed by atoms with Crippen LogP contribution in [0.15, 0.2) is 12.1 Å². The van der Waals surface area contributed by atoms with Crippen LogP contribution in [0.2, 0.25) is 5.02 Å². The molecule has 0 aliphatic heterocycles. The van der Waals surface area contributed by atoms with Crippen molar-refractivity contribution in [2.24, 2.45) is 5.92 Å². The van der Waals surface area contributed by atoms with Crippen LogP contribution in [0.1, 0.15) is 32.8 Å². The summed E-state index contributed by atoms with van der Waals surface area (Å²) in [5, 5.41) is 14.9. The Hall–Kier alpha value is -1.29. The third-order valence-electron chi connectivity index (χ3n) is 3.15. The van der Waals surface area contributed by atoms with Crippen molar-refractivity contribution in [3.63, 3.8) is 0 Å². The third-order valence-corrected chi connectivity index (χ3v) is 3.56. The summed E-state index contributed by atoms with van der Waals surface area (Å²) < 4.78 is 0. The monoisotopic (exact) mass is 270 g/mol. The Kier molecular flexibility index (Phi) is 4.96. The first-order valence-corrected chi connectivity index (χ1v) is 6.46. The highest BCUT2D eigenvalue weighted by atomic mass is 35.5. The Bertz CT molecular complexity index is 447. The van der Waals surface area contributed by atoms with Gasteiger partial charge in [0.2, 0.25) is 0 Å². The fourth-order valence-corrected chi connectivity index (χ4v) is 2.09. The summed E-state index contributed by atoms with van der Waals surface area (Å²) >= 11 is 6.03. The normalized spacial score (nSPS) is 12.6. The van der Waals surface area contributed by atoms with E-state index in [4.69, 9.17) is 11.6 Å². The van der Waals surface area contributed by atoms with Gasteiger partial charge >= 0.3 is 0 Å². The van der Waals surface area contributed by atoms with Crippen LogP contribution in [0.3, 0.4) is 0 Å². The van der Waals surface area contributed by atoms with Crippen molar-refractivity contribution in [2.45, 2.75) is 40.2 Å². The van der Waals surface area contributed by atoms with E-state index in [1.165, 1.54) is 6.07 Å². The molecule has 0 heterocycles. The first-order chi connectivity index (χ1) is 8.38. The molecule has 0 spiro atoms. The van der Waals surface area contributed by atoms with Gasteiger partial charge in [0.05, 0.1) is 4.92 Å². The van der Waals surface area contributed by atoms with Crippen LogP contribution in [0, 0.1) is 23.0 Å². The second kappa shape index (κ2) is 6.05. The number of hydrogen-bond donors (Lipinski definition) is 1. The summed E-state index contributed by atoms with van der Waals surface area (Å²) in [6.45, 7) is 8.04. The predicted octanol–water partition coefficient (Wildman–Crippen LogP) is 4.40. The second-order valence-corrected chi connectivity index (χ2v) is 5.13. The first-order valence-electron chi connectivity index (χ1n) is 6.08. The van der Waals surface area contributed by atoms with E-state index in [2.05, 4.69) is 26.1 Å². The van der Waals surface area contributed by atoms with Crippen LogP contribution in [-0.4, -0.2) is 11.0 Å². The number of halogens is 1. The lowest BCUT2D eigenvalue weighted by molar-refractivity contribution is -0.384. The van der Waals surface area contributed by atoms with E-state index in [9.17, 15) is 10.1 Å². The molecular formula is C13H19ClN2O2. The maximum Gasteiger partial charge on any atom is 0.292 e. The lowest BCUT2D eigenvalue weighted by Crippen LogP contribution is -2.25. The van der Waals surface area contributed by atoms with Crippen LogP contribution in [0.25, 0.3) is 0 Å². The molecule has 1 N–H and O–H groups in total. The van der Waals surface area contributed by atoms with Crippen molar-refractivity contribution in [3.05, 3.63) is 32.8 Å². The smallest absolute Gasteiger partial charge is 0.292 e. The zero-order valence-corrected chi connectivity index (χ0v) is 11.9. The molecule has 0 amide bonds. The molecule has 0 bridgehead atoms. The molecule has 0 aromatic heterocycles. The van der Waals surface area contributed by atoms with Crippen LogP contribution in [0.5, 0.6) is 0 Å². The lowest BCUT2D eigenvalue weighted by atomic mass is 10.0. The van der Waals surface area contributed by atoms with E-state index >= 15 is 0 Å². The minimum Gasteiger partial charge on any atom is -0.376 e. The molecule has 4 nitrogen and oxygen atoms in total. The van der Waals surface area contributed by atoms with Gasteiger partial charge in [0.1, 0.15) is 5.69 Å². The van der Waals surface area contributed by atoms with Gasteiger partial charge in [0.15, 0.2) is 0 Å². The van der Waals surface area contributed by atoms with Gasteiger partial charge < -0.3 is 5.32 Å². The summed E-state index contributed by atoms with van der Waals surface area (Å²) in [7, 11) is 0. The maximum atomic E-state index is 11.0. The molecule has 5 heteroatoms. The quantitative estimate of drug-likeness (QED) is 0.637. The standard InChI is InChI=1S/C13H19ClN2O2/c1-5-11(8(2)3)15-13-9(4)10(14)6-7-12(13)16(17)18/h6-8,11,15H,5H2,1-4H3. The van der Waals surface area contributed by atoms with Crippen molar-refractivity contribution in [1.82, 2.24) is 0 Å². The average Bonchev–Trinajstić information content (AvgIpc) is 2.30. The SMILES string of the molecule is CCC(Nc1c([N+](=O)[O-])ccc(Cl)c1C)C(C)C. The molecule has 1 aromatic carbocycles. The van der Waals surface area contributed by atoms with Gasteiger partial charge in [-0.2, -0.15) is 0 Å². The van der Waals surface area contributed by atoms with E-state index in [-0.39, 0.29) is 16.7 Å². The highest BCUT2D eigenvalue weighted by molar-refractivity contribution is 6.31. The number of nitrogens with zero attached hydrogens (tertiary/aromatic N) is 1. The minimum atomic E-state index is -0.376. The van der Waals surface area contributed by atoms with Gasteiger partial charge in [-0.15, -0.1) is 0 Å². The largest absolute Gasteiger partial charge is 0.376 e. The summed E-state index contributed by atoms with van der Waals surface area (Å²) in [4.78, 5) is 10.7. The van der Waals surface area contributed by atoms with E-state index < -0.39 is 0 Å². The predicted molar refractivity (Wildman–Crippen MR) is 75.4 cm³/mol. The van der Waals surface area contributed by atoms with Gasteiger partial charge in [0, 0.05) is 17.1 Å². The molecule has 100 valence electrons. The van der Waals surface area contributed by atoms with Gasteiger partial charge in [-0.1, -0.05) is 32.4 Å². The Morgan fingerprint density at radius 3 is 2.50 bits per heavy atom. The molecule has 18 heavy (non-hydrogen) atoms. The molecule has 0 radical (unpaired) electrons. The number of hydrogen-bond acceptors (Lipinski definition) is 3. The highest BCUT2D eigenvalue weighted by Gasteiger charge is 2.21. The van der Waals surface area contributed by atoms with Crippen LogP contribution >= 0.6 is 11.6 Å². The molecule has 1 aromatic rings. The molecular weight excluding hydrogens is 252 g/mol. The minimum absolute atomic E-state index is 0.0796. The van der Waals surface area contributed by atoms with E-state index in [1.54, 1.807) is 13.0 Å². The number of anilines is 1. The highest BCUT2D eigenvalue weighted by Crippen LogP contribution is 2.34. The molecule has 1 unspecified atom stereocenters. The van der Waals surface area contributed by atoms with E-state index in [1.807, 2.05) is 0 Å². The van der Waals surface area contributed by atoms with Crippen LogP contribution in [0.4, 0.5) is 11.4 Å².